The van der Waals surface area contributed by atoms with Crippen molar-refractivity contribution >= 4 is 23.3 Å². The third-order valence-corrected chi connectivity index (χ3v) is 4.23. The lowest BCUT2D eigenvalue weighted by Gasteiger charge is -2.33. The van der Waals surface area contributed by atoms with Crippen molar-refractivity contribution in [1.82, 2.24) is 9.88 Å². The fourth-order valence-electron chi connectivity index (χ4n) is 2.86. The van der Waals surface area contributed by atoms with E-state index in [9.17, 15) is 4.79 Å². The third-order valence-electron chi connectivity index (χ3n) is 3.94. The Morgan fingerprint density at radius 3 is 2.70 bits per heavy atom. The Labute approximate surface area is 125 Å². The topological polar surface area (TPSA) is 45.2 Å². The number of hydrogen-bond acceptors (Lipinski definition) is 3. The Morgan fingerprint density at radius 1 is 1.45 bits per heavy atom. The number of halogens is 1. The Morgan fingerprint density at radius 2 is 2.15 bits per heavy atom. The Balaban J connectivity index is 2.17. The Bertz CT molecular complexity index is 472. The van der Waals surface area contributed by atoms with Crippen molar-refractivity contribution in [1.29, 1.82) is 0 Å². The smallest absolute Gasteiger partial charge is 0.255 e. The first kappa shape index (κ1) is 15.1. The largest absolute Gasteiger partial charge is 0.372 e. The van der Waals surface area contributed by atoms with Gasteiger partial charge in [-0.05, 0) is 25.8 Å². The van der Waals surface area contributed by atoms with Crippen LogP contribution in [0.4, 0.5) is 5.82 Å². The second-order valence-corrected chi connectivity index (χ2v) is 5.59. The number of nitrogens with one attached hydrogen (secondary N) is 1. The molecule has 2 rings (SSSR count). The van der Waals surface area contributed by atoms with Crippen molar-refractivity contribution in [2.45, 2.75) is 45.1 Å². The van der Waals surface area contributed by atoms with E-state index in [2.05, 4.69) is 10.3 Å². The lowest BCUT2D eigenvalue weighted by atomic mass is 9.94. The maximum atomic E-state index is 12.6. The number of anilines is 1. The van der Waals surface area contributed by atoms with Gasteiger partial charge in [0.2, 0.25) is 0 Å². The van der Waals surface area contributed by atoms with Crippen molar-refractivity contribution in [2.75, 3.05) is 18.9 Å². The number of pyridine rings is 1. The van der Waals surface area contributed by atoms with Crippen LogP contribution in [0.1, 0.15) is 49.4 Å². The van der Waals surface area contributed by atoms with Gasteiger partial charge in [0.1, 0.15) is 5.82 Å². The van der Waals surface area contributed by atoms with Crippen molar-refractivity contribution in [2.24, 2.45) is 0 Å². The molecule has 1 N–H and O–H groups in total. The zero-order chi connectivity index (χ0) is 14.5. The first-order chi connectivity index (χ1) is 9.67. The molecule has 1 aromatic heterocycles. The second-order valence-electron chi connectivity index (χ2n) is 5.19. The highest BCUT2D eigenvalue weighted by molar-refractivity contribution is 6.33. The summed E-state index contributed by atoms with van der Waals surface area (Å²) in [6.07, 6.45) is 7.53. The lowest BCUT2D eigenvalue weighted by Crippen LogP contribution is -2.41. The van der Waals surface area contributed by atoms with Crippen LogP contribution in [0, 0.1) is 0 Å². The quantitative estimate of drug-likeness (QED) is 0.923. The number of carbonyl (C=O) groups is 1. The molecule has 0 unspecified atom stereocenters. The van der Waals surface area contributed by atoms with E-state index in [0.717, 1.165) is 19.4 Å². The molecular formula is C15H22ClN3O. The molecule has 1 fully saturated rings. The zero-order valence-corrected chi connectivity index (χ0v) is 12.9. The van der Waals surface area contributed by atoms with Crippen molar-refractivity contribution < 1.29 is 4.79 Å². The molecule has 0 aromatic carbocycles. The molecule has 1 amide bonds. The van der Waals surface area contributed by atoms with Crippen molar-refractivity contribution in [3.8, 4) is 0 Å². The second kappa shape index (κ2) is 6.93. The molecule has 1 aliphatic carbocycles. The van der Waals surface area contributed by atoms with E-state index in [1.165, 1.54) is 19.3 Å². The van der Waals surface area contributed by atoms with E-state index in [1.807, 2.05) is 11.8 Å². The van der Waals surface area contributed by atoms with Gasteiger partial charge in [-0.1, -0.05) is 30.9 Å². The van der Waals surface area contributed by atoms with Crippen LogP contribution in [-0.2, 0) is 0 Å². The number of amides is 1. The van der Waals surface area contributed by atoms with Gasteiger partial charge in [0.25, 0.3) is 5.91 Å². The number of nitrogens with zero attached hydrogens (tertiary/aromatic N) is 2. The highest BCUT2D eigenvalue weighted by atomic mass is 35.5. The molecule has 4 nitrogen and oxygen atoms in total. The third kappa shape index (κ3) is 3.23. The molecule has 0 radical (unpaired) electrons. The minimum absolute atomic E-state index is 0.0384. The maximum Gasteiger partial charge on any atom is 0.255 e. The van der Waals surface area contributed by atoms with Gasteiger partial charge in [-0.15, -0.1) is 0 Å². The van der Waals surface area contributed by atoms with Gasteiger partial charge >= 0.3 is 0 Å². The molecule has 1 aliphatic rings. The SMILES string of the molecule is CCN(C(=O)c1cnc(NC)c(Cl)c1)C1CCCCC1. The van der Waals surface area contributed by atoms with E-state index in [0.29, 0.717) is 22.4 Å². The average Bonchev–Trinajstić information content (AvgIpc) is 2.49. The average molecular weight is 296 g/mol. The van der Waals surface area contributed by atoms with Crippen LogP contribution in [0.15, 0.2) is 12.3 Å². The van der Waals surface area contributed by atoms with Crippen LogP contribution < -0.4 is 5.32 Å². The molecule has 20 heavy (non-hydrogen) atoms. The fraction of sp³-hybridized carbons (Fsp3) is 0.600. The summed E-state index contributed by atoms with van der Waals surface area (Å²) in [4.78, 5) is 18.8. The molecule has 0 spiro atoms. The van der Waals surface area contributed by atoms with Gasteiger partial charge in [-0.25, -0.2) is 4.98 Å². The van der Waals surface area contributed by atoms with E-state index >= 15 is 0 Å². The van der Waals surface area contributed by atoms with Gasteiger partial charge < -0.3 is 10.2 Å². The lowest BCUT2D eigenvalue weighted by molar-refractivity contribution is 0.0647. The molecule has 1 saturated carbocycles. The molecule has 0 saturated heterocycles. The molecule has 0 atom stereocenters. The van der Waals surface area contributed by atoms with Crippen molar-refractivity contribution in [3.05, 3.63) is 22.8 Å². The molecule has 1 heterocycles. The molecule has 5 heteroatoms. The molecule has 0 aliphatic heterocycles. The van der Waals surface area contributed by atoms with Gasteiger partial charge in [0.15, 0.2) is 0 Å². The van der Waals surface area contributed by atoms with Crippen LogP contribution in [0.5, 0.6) is 0 Å². The summed E-state index contributed by atoms with van der Waals surface area (Å²) in [6, 6.07) is 2.07. The Kier molecular flexibility index (Phi) is 5.24. The highest BCUT2D eigenvalue weighted by Gasteiger charge is 2.25. The maximum absolute atomic E-state index is 12.6. The number of rotatable bonds is 4. The van der Waals surface area contributed by atoms with Gasteiger partial charge in [0.05, 0.1) is 10.6 Å². The summed E-state index contributed by atoms with van der Waals surface area (Å²) < 4.78 is 0. The normalized spacial score (nSPS) is 15.9. The highest BCUT2D eigenvalue weighted by Crippen LogP contribution is 2.25. The summed E-state index contributed by atoms with van der Waals surface area (Å²) in [5.74, 6) is 0.639. The van der Waals surface area contributed by atoms with E-state index in [-0.39, 0.29) is 5.91 Å². The van der Waals surface area contributed by atoms with E-state index in [4.69, 9.17) is 11.6 Å². The molecule has 0 bridgehead atoms. The number of hydrogen-bond donors (Lipinski definition) is 1. The fourth-order valence-corrected chi connectivity index (χ4v) is 3.13. The van der Waals surface area contributed by atoms with Gasteiger partial charge in [0, 0.05) is 25.8 Å². The molecule has 1 aromatic rings. The van der Waals surface area contributed by atoms with Crippen LogP contribution in [-0.4, -0.2) is 35.4 Å². The predicted octanol–water partition coefficient (Wildman–Crippen LogP) is 3.57. The van der Waals surface area contributed by atoms with Gasteiger partial charge in [-0.2, -0.15) is 0 Å². The summed E-state index contributed by atoms with van der Waals surface area (Å²) in [6.45, 7) is 2.76. The molecule has 110 valence electrons. The number of aromatic nitrogens is 1. The van der Waals surface area contributed by atoms with Crippen LogP contribution in [0.3, 0.4) is 0 Å². The number of carbonyl (C=O) groups excluding carboxylic acids is 1. The van der Waals surface area contributed by atoms with Crippen LogP contribution >= 0.6 is 11.6 Å². The molecular weight excluding hydrogens is 274 g/mol. The zero-order valence-electron chi connectivity index (χ0n) is 12.2. The van der Waals surface area contributed by atoms with E-state index in [1.54, 1.807) is 19.3 Å². The first-order valence-electron chi connectivity index (χ1n) is 7.31. The summed E-state index contributed by atoms with van der Waals surface area (Å²) >= 11 is 6.11. The van der Waals surface area contributed by atoms with Crippen LogP contribution in [0.2, 0.25) is 5.02 Å². The minimum Gasteiger partial charge on any atom is -0.372 e. The summed E-state index contributed by atoms with van der Waals surface area (Å²) in [7, 11) is 1.76. The Hall–Kier alpha value is -1.29. The van der Waals surface area contributed by atoms with E-state index < -0.39 is 0 Å². The van der Waals surface area contributed by atoms with Crippen molar-refractivity contribution in [3.63, 3.8) is 0 Å². The standard InChI is InChI=1S/C15H22ClN3O/c1-3-19(12-7-5-4-6-8-12)15(20)11-9-13(16)14(17-2)18-10-11/h9-10,12H,3-8H2,1-2H3,(H,17,18). The first-order valence-corrected chi connectivity index (χ1v) is 7.69. The monoisotopic (exact) mass is 295 g/mol. The van der Waals surface area contributed by atoms with Gasteiger partial charge in [-0.3, -0.25) is 4.79 Å². The van der Waals surface area contributed by atoms with Crippen LogP contribution in [0.25, 0.3) is 0 Å². The summed E-state index contributed by atoms with van der Waals surface area (Å²) in [5.41, 5.74) is 0.571. The predicted molar refractivity (Wildman–Crippen MR) is 82.4 cm³/mol. The summed E-state index contributed by atoms with van der Waals surface area (Å²) in [5, 5.41) is 3.38. The minimum atomic E-state index is 0.0384.